The van der Waals surface area contributed by atoms with Gasteiger partial charge >= 0.3 is 0 Å². The molecule has 1 aliphatic rings. The van der Waals surface area contributed by atoms with Crippen molar-refractivity contribution in [1.82, 2.24) is 0 Å². The summed E-state index contributed by atoms with van der Waals surface area (Å²) < 4.78 is 6.63. The lowest BCUT2D eigenvalue weighted by molar-refractivity contribution is 0.315. The van der Waals surface area contributed by atoms with Crippen molar-refractivity contribution in [3.8, 4) is 5.75 Å². The smallest absolute Gasteiger partial charge is 0.133 e. The lowest BCUT2D eigenvalue weighted by Gasteiger charge is -2.12. The van der Waals surface area contributed by atoms with E-state index in [1.54, 1.807) is 0 Å². The molecule has 0 spiro atoms. The number of benzene rings is 1. The predicted molar refractivity (Wildman–Crippen MR) is 75.8 cm³/mol. The summed E-state index contributed by atoms with van der Waals surface area (Å²) in [4.78, 5) is 0. The normalized spacial score (nSPS) is 24.5. The van der Waals surface area contributed by atoms with Gasteiger partial charge in [-0.1, -0.05) is 19.9 Å². The molecule has 1 aliphatic carbocycles. The van der Waals surface area contributed by atoms with Crippen molar-refractivity contribution in [1.29, 1.82) is 0 Å². The average molecular weight is 318 g/mol. The van der Waals surface area contributed by atoms with Crippen LogP contribution in [0.15, 0.2) is 22.7 Å². The lowest BCUT2D eigenvalue weighted by Crippen LogP contribution is -1.98. The monoisotopic (exact) mass is 316 g/mol. The minimum absolute atomic E-state index is 0.140. The van der Waals surface area contributed by atoms with Gasteiger partial charge in [0.2, 0.25) is 0 Å². The number of rotatable bonds is 5. The highest BCUT2D eigenvalue weighted by molar-refractivity contribution is 9.10. The van der Waals surface area contributed by atoms with Crippen molar-refractivity contribution in [3.63, 3.8) is 0 Å². The SMILES string of the molecule is CCCOc1ccc(C(Cl)C2CC2C)cc1Br. The maximum atomic E-state index is 6.47. The fraction of sp³-hybridized carbons (Fsp3) is 0.571. The molecule has 3 unspecified atom stereocenters. The summed E-state index contributed by atoms with van der Waals surface area (Å²) in [5.41, 5.74) is 1.19. The zero-order valence-electron chi connectivity index (χ0n) is 10.2. The van der Waals surface area contributed by atoms with E-state index < -0.39 is 0 Å². The molecule has 1 fully saturated rings. The van der Waals surface area contributed by atoms with E-state index in [2.05, 4.69) is 41.9 Å². The molecule has 0 amide bonds. The number of halogens is 2. The maximum absolute atomic E-state index is 6.47. The topological polar surface area (TPSA) is 9.23 Å². The second kappa shape index (κ2) is 5.62. The van der Waals surface area contributed by atoms with E-state index in [-0.39, 0.29) is 5.38 Å². The molecule has 0 aromatic heterocycles. The van der Waals surface area contributed by atoms with Crippen LogP contribution in [0.1, 0.15) is 37.6 Å². The van der Waals surface area contributed by atoms with Crippen LogP contribution in [0.3, 0.4) is 0 Å². The van der Waals surface area contributed by atoms with Crippen molar-refractivity contribution in [2.45, 2.75) is 32.1 Å². The molecular weight excluding hydrogens is 300 g/mol. The maximum Gasteiger partial charge on any atom is 0.133 e. The summed E-state index contributed by atoms with van der Waals surface area (Å²) in [6, 6.07) is 6.18. The quantitative estimate of drug-likeness (QED) is 0.680. The number of ether oxygens (including phenoxy) is 1. The molecule has 3 heteroatoms. The first kappa shape index (κ1) is 13.2. The second-order valence-electron chi connectivity index (χ2n) is 4.82. The Morgan fingerprint density at radius 3 is 2.76 bits per heavy atom. The van der Waals surface area contributed by atoms with Gasteiger partial charge in [0, 0.05) is 0 Å². The van der Waals surface area contributed by atoms with E-state index in [9.17, 15) is 0 Å². The molecule has 1 aromatic rings. The third kappa shape index (κ3) is 3.17. The molecule has 1 aromatic carbocycles. The highest BCUT2D eigenvalue weighted by atomic mass is 79.9. The molecule has 0 bridgehead atoms. The van der Waals surface area contributed by atoms with Gasteiger partial charge in [0.1, 0.15) is 5.75 Å². The van der Waals surface area contributed by atoms with Crippen LogP contribution in [-0.2, 0) is 0 Å². The zero-order chi connectivity index (χ0) is 12.4. The van der Waals surface area contributed by atoms with Gasteiger partial charge < -0.3 is 4.74 Å². The van der Waals surface area contributed by atoms with Gasteiger partial charge in [0.05, 0.1) is 16.5 Å². The molecule has 0 N–H and O–H groups in total. The van der Waals surface area contributed by atoms with Crippen LogP contribution in [-0.4, -0.2) is 6.61 Å². The third-order valence-corrected chi connectivity index (χ3v) is 4.48. The number of hydrogen-bond acceptors (Lipinski definition) is 1. The highest BCUT2D eigenvalue weighted by Crippen LogP contribution is 2.50. The van der Waals surface area contributed by atoms with Crippen molar-refractivity contribution in [2.75, 3.05) is 6.61 Å². The molecule has 1 saturated carbocycles. The first-order valence-corrected chi connectivity index (χ1v) is 7.42. The van der Waals surface area contributed by atoms with E-state index >= 15 is 0 Å². The summed E-state index contributed by atoms with van der Waals surface area (Å²) >= 11 is 10.0. The summed E-state index contributed by atoms with van der Waals surface area (Å²) in [7, 11) is 0. The standard InChI is InChI=1S/C14H18BrClO/c1-3-6-17-13-5-4-10(8-12(13)15)14(16)11-7-9(11)2/h4-5,8-9,11,14H,3,6-7H2,1-2H3. The Kier molecular flexibility index (Phi) is 4.37. The Morgan fingerprint density at radius 2 is 2.24 bits per heavy atom. The summed E-state index contributed by atoms with van der Waals surface area (Å²) in [5.74, 6) is 2.32. The van der Waals surface area contributed by atoms with Gasteiger partial charge in [0.25, 0.3) is 0 Å². The fourth-order valence-corrected chi connectivity index (χ4v) is 3.02. The second-order valence-corrected chi connectivity index (χ2v) is 6.14. The summed E-state index contributed by atoms with van der Waals surface area (Å²) in [6.45, 7) is 5.11. The molecule has 17 heavy (non-hydrogen) atoms. The lowest BCUT2D eigenvalue weighted by atomic mass is 10.1. The first-order valence-electron chi connectivity index (χ1n) is 6.19. The van der Waals surface area contributed by atoms with Crippen LogP contribution >= 0.6 is 27.5 Å². The largest absolute Gasteiger partial charge is 0.492 e. The van der Waals surface area contributed by atoms with Gasteiger partial charge in [-0.15, -0.1) is 11.6 Å². The highest BCUT2D eigenvalue weighted by Gasteiger charge is 2.39. The molecule has 94 valence electrons. The third-order valence-electron chi connectivity index (χ3n) is 3.28. The molecule has 0 heterocycles. The molecule has 1 nitrogen and oxygen atoms in total. The first-order chi connectivity index (χ1) is 8.13. The van der Waals surface area contributed by atoms with Gasteiger partial charge in [-0.2, -0.15) is 0 Å². The van der Waals surface area contributed by atoms with Crippen molar-refractivity contribution in [3.05, 3.63) is 28.2 Å². The molecule has 3 atom stereocenters. The Labute approximate surface area is 117 Å². The van der Waals surface area contributed by atoms with Crippen LogP contribution < -0.4 is 4.74 Å². The number of hydrogen-bond donors (Lipinski definition) is 0. The Hall–Kier alpha value is -0.210. The zero-order valence-corrected chi connectivity index (χ0v) is 12.6. The predicted octanol–water partition coefficient (Wildman–Crippen LogP) is 5.17. The Morgan fingerprint density at radius 1 is 1.53 bits per heavy atom. The number of alkyl halides is 1. The fourth-order valence-electron chi connectivity index (χ4n) is 2.02. The van der Waals surface area contributed by atoms with Crippen LogP contribution in [0.25, 0.3) is 0 Å². The Balaban J connectivity index is 2.07. The van der Waals surface area contributed by atoms with Crippen molar-refractivity contribution in [2.24, 2.45) is 11.8 Å². The van der Waals surface area contributed by atoms with Gasteiger partial charge in [-0.05, 0) is 58.3 Å². The van der Waals surface area contributed by atoms with Crippen LogP contribution in [0.2, 0.25) is 0 Å². The minimum Gasteiger partial charge on any atom is -0.492 e. The van der Waals surface area contributed by atoms with Gasteiger partial charge in [0.15, 0.2) is 0 Å². The summed E-state index contributed by atoms with van der Waals surface area (Å²) in [5, 5.41) is 0.140. The Bertz CT molecular complexity index is 394. The van der Waals surface area contributed by atoms with Crippen LogP contribution in [0.5, 0.6) is 5.75 Å². The molecule has 2 rings (SSSR count). The molecule has 0 saturated heterocycles. The molecule has 0 radical (unpaired) electrons. The summed E-state index contributed by atoms with van der Waals surface area (Å²) in [6.07, 6.45) is 2.27. The van der Waals surface area contributed by atoms with E-state index in [1.165, 1.54) is 12.0 Å². The van der Waals surface area contributed by atoms with Crippen LogP contribution in [0, 0.1) is 11.8 Å². The van der Waals surface area contributed by atoms with E-state index in [0.29, 0.717) is 5.92 Å². The van der Waals surface area contributed by atoms with E-state index in [1.807, 2.05) is 6.07 Å². The average Bonchev–Trinajstić information content (AvgIpc) is 3.04. The minimum atomic E-state index is 0.140. The van der Waals surface area contributed by atoms with E-state index in [0.717, 1.165) is 29.2 Å². The molecule has 0 aliphatic heterocycles. The van der Waals surface area contributed by atoms with Crippen molar-refractivity contribution >= 4 is 27.5 Å². The molecular formula is C14H18BrClO. The van der Waals surface area contributed by atoms with Crippen molar-refractivity contribution < 1.29 is 4.74 Å². The van der Waals surface area contributed by atoms with E-state index in [4.69, 9.17) is 16.3 Å². The van der Waals surface area contributed by atoms with Gasteiger partial charge in [-0.25, -0.2) is 0 Å². The van der Waals surface area contributed by atoms with Crippen LogP contribution in [0.4, 0.5) is 0 Å². The van der Waals surface area contributed by atoms with Gasteiger partial charge in [-0.3, -0.25) is 0 Å².